The van der Waals surface area contributed by atoms with Crippen molar-refractivity contribution in [2.45, 2.75) is 44.5 Å². The fourth-order valence-electron chi connectivity index (χ4n) is 2.45. The molecule has 3 nitrogen and oxygen atoms in total. The second-order valence-electron chi connectivity index (χ2n) is 5.54. The van der Waals surface area contributed by atoms with Crippen molar-refractivity contribution in [3.05, 3.63) is 29.6 Å². The van der Waals surface area contributed by atoms with Crippen LogP contribution in [0.15, 0.2) is 18.5 Å². The standard InChI is InChI=1S/C13H18N2OSi/c1-17(2,3)16-13(10-14)7-4-5-11-9-15-8-6-12(11)13/h6,8-9H,4-5,7H2,1-3H3. The molecule has 0 bridgehead atoms. The van der Waals surface area contributed by atoms with Crippen LogP contribution >= 0.6 is 0 Å². The molecule has 90 valence electrons. The molecule has 1 heterocycles. The van der Waals surface area contributed by atoms with E-state index in [2.05, 4.69) is 30.7 Å². The van der Waals surface area contributed by atoms with E-state index in [1.54, 1.807) is 6.20 Å². The number of hydrogen-bond donors (Lipinski definition) is 0. The normalized spacial score (nSPS) is 23.9. The molecule has 0 aromatic carbocycles. The Bertz CT molecular complexity index is 461. The molecule has 0 fully saturated rings. The largest absolute Gasteiger partial charge is 0.396 e. The lowest BCUT2D eigenvalue weighted by Gasteiger charge is -2.37. The molecule has 0 saturated carbocycles. The minimum absolute atomic E-state index is 0.735. The third-order valence-corrected chi connectivity index (χ3v) is 3.94. The van der Waals surface area contributed by atoms with Gasteiger partial charge in [-0.05, 0) is 50.5 Å². The zero-order valence-corrected chi connectivity index (χ0v) is 11.7. The summed E-state index contributed by atoms with van der Waals surface area (Å²) in [4.78, 5) is 4.14. The lowest BCUT2D eigenvalue weighted by atomic mass is 9.81. The molecule has 0 N–H and O–H groups in total. The van der Waals surface area contributed by atoms with Gasteiger partial charge in [0, 0.05) is 18.0 Å². The van der Waals surface area contributed by atoms with E-state index in [9.17, 15) is 5.26 Å². The van der Waals surface area contributed by atoms with Gasteiger partial charge in [-0.1, -0.05) is 0 Å². The van der Waals surface area contributed by atoms with Gasteiger partial charge in [-0.15, -0.1) is 0 Å². The molecule has 1 aliphatic rings. The smallest absolute Gasteiger partial charge is 0.186 e. The summed E-state index contributed by atoms with van der Waals surface area (Å²) in [5.41, 5.74) is 1.46. The van der Waals surface area contributed by atoms with Gasteiger partial charge < -0.3 is 4.43 Å². The summed E-state index contributed by atoms with van der Waals surface area (Å²) in [6, 6.07) is 4.36. The summed E-state index contributed by atoms with van der Waals surface area (Å²) < 4.78 is 6.19. The molecule has 17 heavy (non-hydrogen) atoms. The molecular weight excluding hydrogens is 228 g/mol. The SMILES string of the molecule is C[Si](C)(C)OC1(C#N)CCCc2cnccc21. The summed E-state index contributed by atoms with van der Waals surface area (Å²) in [5, 5.41) is 9.58. The Morgan fingerprint density at radius 3 is 2.88 bits per heavy atom. The molecule has 1 aliphatic carbocycles. The van der Waals surface area contributed by atoms with Gasteiger partial charge in [0.15, 0.2) is 13.9 Å². The zero-order valence-electron chi connectivity index (χ0n) is 10.7. The van der Waals surface area contributed by atoms with Crippen LogP contribution in [0, 0.1) is 11.3 Å². The van der Waals surface area contributed by atoms with Crippen LogP contribution in [0.4, 0.5) is 0 Å². The number of rotatable bonds is 2. The highest BCUT2D eigenvalue weighted by Crippen LogP contribution is 2.39. The summed E-state index contributed by atoms with van der Waals surface area (Å²) >= 11 is 0. The summed E-state index contributed by atoms with van der Waals surface area (Å²) in [6.07, 6.45) is 6.42. The Hall–Kier alpha value is -1.18. The number of pyridine rings is 1. The van der Waals surface area contributed by atoms with Crippen molar-refractivity contribution in [2.75, 3.05) is 0 Å². The van der Waals surface area contributed by atoms with E-state index < -0.39 is 13.9 Å². The maximum absolute atomic E-state index is 9.58. The molecule has 0 radical (unpaired) electrons. The lowest BCUT2D eigenvalue weighted by molar-refractivity contribution is 0.0982. The van der Waals surface area contributed by atoms with E-state index in [-0.39, 0.29) is 0 Å². The molecule has 1 unspecified atom stereocenters. The molecule has 1 atom stereocenters. The highest BCUT2D eigenvalue weighted by molar-refractivity contribution is 6.69. The van der Waals surface area contributed by atoms with Gasteiger partial charge in [0.2, 0.25) is 0 Å². The number of hydrogen-bond acceptors (Lipinski definition) is 3. The quantitative estimate of drug-likeness (QED) is 0.754. The van der Waals surface area contributed by atoms with Crippen molar-refractivity contribution >= 4 is 8.32 Å². The molecule has 0 amide bonds. The van der Waals surface area contributed by atoms with Gasteiger partial charge in [-0.3, -0.25) is 4.98 Å². The summed E-state index contributed by atoms with van der Waals surface area (Å²) in [5.74, 6) is 0. The van der Waals surface area contributed by atoms with Crippen LogP contribution in [0.3, 0.4) is 0 Å². The van der Waals surface area contributed by atoms with E-state index in [1.165, 1.54) is 5.56 Å². The first kappa shape index (κ1) is 12.3. The predicted octanol–water partition coefficient (Wildman–Crippen LogP) is 2.99. The van der Waals surface area contributed by atoms with Crippen molar-refractivity contribution < 1.29 is 4.43 Å². The van der Waals surface area contributed by atoms with Crippen LogP contribution in [-0.4, -0.2) is 13.3 Å². The maximum atomic E-state index is 9.58. The molecule has 0 aliphatic heterocycles. The number of aromatic nitrogens is 1. The van der Waals surface area contributed by atoms with E-state index >= 15 is 0 Å². The van der Waals surface area contributed by atoms with Gasteiger partial charge >= 0.3 is 0 Å². The first-order valence-corrected chi connectivity index (χ1v) is 9.42. The van der Waals surface area contributed by atoms with Gasteiger partial charge in [0.1, 0.15) is 6.07 Å². The van der Waals surface area contributed by atoms with E-state index in [1.807, 2.05) is 12.3 Å². The minimum Gasteiger partial charge on any atom is -0.396 e. The average Bonchev–Trinajstić information content (AvgIpc) is 2.27. The van der Waals surface area contributed by atoms with Crippen LogP contribution in [0.5, 0.6) is 0 Å². The fourth-order valence-corrected chi connectivity index (χ4v) is 3.75. The van der Waals surface area contributed by atoms with Crippen molar-refractivity contribution in [3.8, 4) is 6.07 Å². The molecule has 0 saturated heterocycles. The highest BCUT2D eigenvalue weighted by Gasteiger charge is 2.41. The van der Waals surface area contributed by atoms with E-state index in [0.717, 1.165) is 24.8 Å². The van der Waals surface area contributed by atoms with Crippen LogP contribution in [0.2, 0.25) is 19.6 Å². The van der Waals surface area contributed by atoms with Gasteiger partial charge in [-0.2, -0.15) is 5.26 Å². The molecule has 1 aromatic heterocycles. The van der Waals surface area contributed by atoms with Gasteiger partial charge in [-0.25, -0.2) is 0 Å². The van der Waals surface area contributed by atoms with Crippen LogP contribution in [0.25, 0.3) is 0 Å². The molecule has 2 rings (SSSR count). The van der Waals surface area contributed by atoms with Crippen LogP contribution in [0.1, 0.15) is 24.0 Å². The predicted molar refractivity (Wildman–Crippen MR) is 68.9 cm³/mol. The van der Waals surface area contributed by atoms with Crippen molar-refractivity contribution in [1.82, 2.24) is 4.98 Å². The lowest BCUT2D eigenvalue weighted by Crippen LogP contribution is -2.42. The Morgan fingerprint density at radius 1 is 1.47 bits per heavy atom. The van der Waals surface area contributed by atoms with Crippen LogP contribution in [-0.2, 0) is 16.4 Å². The number of nitriles is 1. The second kappa shape index (κ2) is 4.24. The number of aryl methyl sites for hydroxylation is 1. The third-order valence-electron chi connectivity index (χ3n) is 2.97. The Kier molecular flexibility index (Phi) is 3.07. The van der Waals surface area contributed by atoms with E-state index in [0.29, 0.717) is 0 Å². The molecule has 1 aromatic rings. The molecular formula is C13H18N2OSi. The average molecular weight is 246 g/mol. The van der Waals surface area contributed by atoms with Crippen molar-refractivity contribution in [3.63, 3.8) is 0 Å². The summed E-state index contributed by atoms with van der Waals surface area (Å²) in [7, 11) is -1.75. The minimum atomic E-state index is -1.75. The van der Waals surface area contributed by atoms with Crippen molar-refractivity contribution in [1.29, 1.82) is 5.26 Å². The topological polar surface area (TPSA) is 45.9 Å². The molecule has 0 spiro atoms. The van der Waals surface area contributed by atoms with Crippen LogP contribution < -0.4 is 0 Å². The first-order chi connectivity index (χ1) is 7.97. The van der Waals surface area contributed by atoms with Gasteiger partial charge in [0.05, 0.1) is 0 Å². The zero-order chi connectivity index (χ0) is 12.5. The number of fused-ring (bicyclic) bond motifs is 1. The monoisotopic (exact) mass is 246 g/mol. The van der Waals surface area contributed by atoms with E-state index in [4.69, 9.17) is 4.43 Å². The number of nitrogens with zero attached hydrogens (tertiary/aromatic N) is 2. The summed E-state index contributed by atoms with van der Waals surface area (Å²) in [6.45, 7) is 6.38. The second-order valence-corrected chi connectivity index (χ2v) is 9.97. The maximum Gasteiger partial charge on any atom is 0.186 e. The Morgan fingerprint density at radius 2 is 2.24 bits per heavy atom. The first-order valence-electron chi connectivity index (χ1n) is 6.02. The van der Waals surface area contributed by atoms with Crippen molar-refractivity contribution in [2.24, 2.45) is 0 Å². The fraction of sp³-hybridized carbons (Fsp3) is 0.538. The highest BCUT2D eigenvalue weighted by atomic mass is 28.4. The third kappa shape index (κ3) is 2.40. The Labute approximate surface area is 104 Å². The van der Waals surface area contributed by atoms with Gasteiger partial charge in [0.25, 0.3) is 0 Å². The Balaban J connectivity index is 2.47. The molecule has 4 heteroatoms.